The zero-order chi connectivity index (χ0) is 17.5. The third-order valence-corrected chi connectivity index (χ3v) is 5.59. The molecule has 0 amide bonds. The van der Waals surface area contributed by atoms with Crippen molar-refractivity contribution in [2.45, 2.75) is 39.2 Å². The summed E-state index contributed by atoms with van der Waals surface area (Å²) in [4.78, 5) is 9.11. The summed E-state index contributed by atoms with van der Waals surface area (Å²) in [5.74, 6) is 0.799. The first-order valence-corrected chi connectivity index (χ1v) is 9.95. The van der Waals surface area contributed by atoms with E-state index in [1.165, 1.54) is 10.6 Å². The molecule has 0 saturated carbocycles. The van der Waals surface area contributed by atoms with Gasteiger partial charge in [-0.25, -0.2) is 22.7 Å². The van der Waals surface area contributed by atoms with Crippen LogP contribution in [0, 0.1) is 6.92 Å². The van der Waals surface area contributed by atoms with Crippen LogP contribution >= 0.6 is 0 Å². The molecule has 1 atom stereocenters. The molecule has 0 aromatic carbocycles. The Bertz CT molecular complexity index is 844. The Hall–Kier alpha value is -1.80. The number of hydrogen-bond donors (Lipinski definition) is 0. The highest BCUT2D eigenvalue weighted by molar-refractivity contribution is 7.88. The van der Waals surface area contributed by atoms with Crippen molar-refractivity contribution in [2.75, 3.05) is 19.3 Å². The van der Waals surface area contributed by atoms with Gasteiger partial charge in [0.15, 0.2) is 0 Å². The van der Waals surface area contributed by atoms with Crippen LogP contribution in [0.2, 0.25) is 0 Å². The van der Waals surface area contributed by atoms with Crippen molar-refractivity contribution in [1.82, 2.24) is 24.1 Å². The molecule has 3 rings (SSSR count). The quantitative estimate of drug-likeness (QED) is 0.843. The SMILES string of the molecule is Cc1nc(-c2ccnn2C(C)C)cc(C2CCN(S(C)(=O)=O)C2)n1. The lowest BCUT2D eigenvalue weighted by atomic mass is 10.0. The standard InChI is InChI=1S/C16H23N5O2S/c1-11(2)21-16(5-7-17-21)15-9-14(18-12(3)19-15)13-6-8-20(10-13)24(4,22)23/h5,7,9,11,13H,6,8,10H2,1-4H3. The van der Waals surface area contributed by atoms with E-state index in [1.54, 1.807) is 6.20 Å². The van der Waals surface area contributed by atoms with E-state index < -0.39 is 10.0 Å². The summed E-state index contributed by atoms with van der Waals surface area (Å²) >= 11 is 0. The molecule has 130 valence electrons. The van der Waals surface area contributed by atoms with Crippen LogP contribution in [0.4, 0.5) is 0 Å². The Morgan fingerprint density at radius 1 is 1.29 bits per heavy atom. The Balaban J connectivity index is 1.95. The maximum Gasteiger partial charge on any atom is 0.211 e. The zero-order valence-corrected chi connectivity index (χ0v) is 15.3. The molecule has 2 aromatic heterocycles. The topological polar surface area (TPSA) is 81.0 Å². The van der Waals surface area contributed by atoms with Crippen molar-refractivity contribution in [1.29, 1.82) is 0 Å². The van der Waals surface area contributed by atoms with Gasteiger partial charge in [0.2, 0.25) is 10.0 Å². The minimum absolute atomic E-state index is 0.107. The second kappa shape index (κ2) is 6.25. The first kappa shape index (κ1) is 17.0. The molecule has 0 aliphatic carbocycles. The lowest BCUT2D eigenvalue weighted by Gasteiger charge is -2.15. The van der Waals surface area contributed by atoms with Crippen LogP contribution in [0.3, 0.4) is 0 Å². The second-order valence-corrected chi connectivity index (χ2v) is 8.57. The van der Waals surface area contributed by atoms with Crippen LogP contribution in [0.15, 0.2) is 18.3 Å². The molecule has 0 spiro atoms. The van der Waals surface area contributed by atoms with Gasteiger partial charge in [0.25, 0.3) is 0 Å². The summed E-state index contributed by atoms with van der Waals surface area (Å²) in [6.07, 6.45) is 3.81. The molecular weight excluding hydrogens is 326 g/mol. The Morgan fingerprint density at radius 2 is 2.04 bits per heavy atom. The molecule has 2 aromatic rings. The van der Waals surface area contributed by atoms with E-state index in [1.807, 2.05) is 23.7 Å². The van der Waals surface area contributed by atoms with Gasteiger partial charge >= 0.3 is 0 Å². The van der Waals surface area contributed by atoms with E-state index >= 15 is 0 Å². The predicted octanol–water partition coefficient (Wildman–Crippen LogP) is 1.98. The van der Waals surface area contributed by atoms with Gasteiger partial charge in [-0.05, 0) is 39.3 Å². The molecular formula is C16H23N5O2S. The maximum atomic E-state index is 11.7. The fourth-order valence-electron chi connectivity index (χ4n) is 3.13. The van der Waals surface area contributed by atoms with Crippen LogP contribution in [0.1, 0.15) is 43.7 Å². The summed E-state index contributed by atoms with van der Waals surface area (Å²) in [5, 5.41) is 4.36. The van der Waals surface area contributed by atoms with E-state index in [0.29, 0.717) is 18.9 Å². The molecule has 1 fully saturated rings. The molecule has 1 aliphatic heterocycles. The summed E-state index contributed by atoms with van der Waals surface area (Å²) in [6.45, 7) is 7.05. The molecule has 8 heteroatoms. The molecule has 7 nitrogen and oxygen atoms in total. The Labute approximate surface area is 142 Å². The summed E-state index contributed by atoms with van der Waals surface area (Å²) in [7, 11) is -3.15. The van der Waals surface area contributed by atoms with E-state index in [2.05, 4.69) is 28.9 Å². The van der Waals surface area contributed by atoms with E-state index in [9.17, 15) is 8.42 Å². The molecule has 0 radical (unpaired) electrons. The third kappa shape index (κ3) is 3.34. The lowest BCUT2D eigenvalue weighted by Crippen LogP contribution is -2.27. The molecule has 24 heavy (non-hydrogen) atoms. The molecule has 0 N–H and O–H groups in total. The number of aryl methyl sites for hydroxylation is 1. The van der Waals surface area contributed by atoms with Gasteiger partial charge in [0.1, 0.15) is 5.82 Å². The highest BCUT2D eigenvalue weighted by Crippen LogP contribution is 2.30. The van der Waals surface area contributed by atoms with Crippen LogP contribution in [0.5, 0.6) is 0 Å². The third-order valence-electron chi connectivity index (χ3n) is 4.32. The highest BCUT2D eigenvalue weighted by atomic mass is 32.2. The maximum absolute atomic E-state index is 11.7. The average Bonchev–Trinajstić information content (AvgIpc) is 3.15. The van der Waals surface area contributed by atoms with Crippen LogP contribution in [-0.2, 0) is 10.0 Å². The van der Waals surface area contributed by atoms with Gasteiger partial charge in [0, 0.05) is 36.9 Å². The van der Waals surface area contributed by atoms with Crippen molar-refractivity contribution >= 4 is 10.0 Å². The molecule has 3 heterocycles. The first-order chi connectivity index (χ1) is 11.3. The first-order valence-electron chi connectivity index (χ1n) is 8.10. The fraction of sp³-hybridized carbons (Fsp3) is 0.562. The largest absolute Gasteiger partial charge is 0.261 e. The van der Waals surface area contributed by atoms with Crippen LogP contribution in [-0.4, -0.2) is 51.8 Å². The Kier molecular flexibility index (Phi) is 4.44. The van der Waals surface area contributed by atoms with Gasteiger partial charge in [-0.3, -0.25) is 4.68 Å². The zero-order valence-electron chi connectivity index (χ0n) is 14.5. The average molecular weight is 349 g/mol. The minimum atomic E-state index is -3.15. The number of rotatable bonds is 4. The number of hydrogen-bond acceptors (Lipinski definition) is 5. The van der Waals surface area contributed by atoms with E-state index in [4.69, 9.17) is 0 Å². The smallest absolute Gasteiger partial charge is 0.211 e. The van der Waals surface area contributed by atoms with Crippen molar-refractivity contribution in [2.24, 2.45) is 0 Å². The van der Waals surface area contributed by atoms with Crippen molar-refractivity contribution in [3.63, 3.8) is 0 Å². The lowest BCUT2D eigenvalue weighted by molar-refractivity contribution is 0.477. The fourth-order valence-corrected chi connectivity index (χ4v) is 4.02. The van der Waals surface area contributed by atoms with Gasteiger partial charge in [-0.1, -0.05) is 0 Å². The predicted molar refractivity (Wildman–Crippen MR) is 92.1 cm³/mol. The van der Waals surface area contributed by atoms with Crippen molar-refractivity contribution in [3.05, 3.63) is 29.8 Å². The summed E-state index contributed by atoms with van der Waals surface area (Å²) < 4.78 is 26.9. The van der Waals surface area contributed by atoms with Gasteiger partial charge in [0.05, 0.1) is 17.6 Å². The van der Waals surface area contributed by atoms with Crippen molar-refractivity contribution in [3.8, 4) is 11.4 Å². The number of aromatic nitrogens is 4. The molecule has 1 aliphatic rings. The van der Waals surface area contributed by atoms with Gasteiger partial charge in [-0.2, -0.15) is 5.10 Å². The van der Waals surface area contributed by atoms with Gasteiger partial charge in [-0.15, -0.1) is 0 Å². The highest BCUT2D eigenvalue weighted by Gasteiger charge is 2.30. The second-order valence-electron chi connectivity index (χ2n) is 6.59. The Morgan fingerprint density at radius 3 is 2.67 bits per heavy atom. The minimum Gasteiger partial charge on any atom is -0.261 e. The van der Waals surface area contributed by atoms with Crippen LogP contribution < -0.4 is 0 Å². The van der Waals surface area contributed by atoms with Crippen molar-refractivity contribution < 1.29 is 8.42 Å². The summed E-state index contributed by atoms with van der Waals surface area (Å²) in [5.41, 5.74) is 2.69. The molecule has 1 unspecified atom stereocenters. The molecule has 0 bridgehead atoms. The normalized spacial score (nSPS) is 19.3. The summed E-state index contributed by atoms with van der Waals surface area (Å²) in [6, 6.07) is 4.16. The van der Waals surface area contributed by atoms with E-state index in [0.717, 1.165) is 23.5 Å². The number of nitrogens with zero attached hydrogens (tertiary/aromatic N) is 5. The molecule has 1 saturated heterocycles. The number of sulfonamides is 1. The van der Waals surface area contributed by atoms with Gasteiger partial charge < -0.3 is 0 Å². The monoisotopic (exact) mass is 349 g/mol. The van der Waals surface area contributed by atoms with E-state index in [-0.39, 0.29) is 12.0 Å². The van der Waals surface area contributed by atoms with Crippen LogP contribution in [0.25, 0.3) is 11.4 Å².